The van der Waals surface area contributed by atoms with E-state index >= 15 is 0 Å². The summed E-state index contributed by atoms with van der Waals surface area (Å²) in [6.45, 7) is 0.915. The Labute approximate surface area is 196 Å². The number of fused-ring (bicyclic) bond motifs is 1. The van der Waals surface area contributed by atoms with Gasteiger partial charge in [-0.1, -0.05) is 23.7 Å². The van der Waals surface area contributed by atoms with Crippen LogP contribution < -0.4 is 10.6 Å². The summed E-state index contributed by atoms with van der Waals surface area (Å²) >= 11 is 5.95. The average molecular weight is 469 g/mol. The maximum Gasteiger partial charge on any atom is 0.249 e. The Kier molecular flexibility index (Phi) is 6.39. The minimum atomic E-state index is -0.301. The molecule has 1 aliphatic heterocycles. The van der Waals surface area contributed by atoms with E-state index in [-0.39, 0.29) is 36.4 Å². The molecule has 2 fully saturated rings. The van der Waals surface area contributed by atoms with E-state index in [1.807, 2.05) is 12.1 Å². The van der Waals surface area contributed by atoms with E-state index in [0.717, 1.165) is 37.7 Å². The van der Waals surface area contributed by atoms with E-state index in [2.05, 4.69) is 20.6 Å². The zero-order chi connectivity index (χ0) is 22.8. The topological polar surface area (TPSA) is 106 Å². The Morgan fingerprint density at radius 2 is 1.94 bits per heavy atom. The number of halogens is 1. The highest BCUT2D eigenvalue weighted by molar-refractivity contribution is 6.30. The number of oxazole rings is 1. The molecular weight excluding hydrogens is 444 g/mol. The van der Waals surface area contributed by atoms with Crippen LogP contribution in [0.25, 0.3) is 22.7 Å². The molecule has 8 nitrogen and oxygen atoms in total. The molecule has 1 saturated carbocycles. The summed E-state index contributed by atoms with van der Waals surface area (Å²) in [6.07, 6.45) is 5.62. The van der Waals surface area contributed by atoms with Crippen LogP contribution >= 0.6 is 11.6 Å². The van der Waals surface area contributed by atoms with Crippen molar-refractivity contribution in [3.63, 3.8) is 0 Å². The quantitative estimate of drug-likeness (QED) is 0.511. The highest BCUT2D eigenvalue weighted by Gasteiger charge is 2.30. The first-order valence-corrected chi connectivity index (χ1v) is 11.6. The molecule has 9 heteroatoms. The standard InChI is InChI=1S/C24H25ClN4O4/c25-16-10-21-22(27-12-16)29-24(33-21)15-5-3-14(4-6-15)19(30)13-26-17-7-8-18(11-17)28-23(31)20-2-1-9-32-20/h3-6,10,12,17-18,20,26H,1-2,7-9,11,13H2,(H,28,31)/t17-,18+,20+/m1/s1. The molecule has 5 rings (SSSR count). The first-order chi connectivity index (χ1) is 16.0. The lowest BCUT2D eigenvalue weighted by Crippen LogP contribution is -2.41. The number of nitrogens with zero attached hydrogens (tertiary/aromatic N) is 2. The van der Waals surface area contributed by atoms with Crippen molar-refractivity contribution < 1.29 is 18.7 Å². The van der Waals surface area contributed by atoms with Crippen molar-refractivity contribution >= 4 is 34.5 Å². The van der Waals surface area contributed by atoms with E-state index in [9.17, 15) is 9.59 Å². The first kappa shape index (κ1) is 22.0. The molecule has 1 saturated heterocycles. The smallest absolute Gasteiger partial charge is 0.249 e. The Balaban J connectivity index is 1.12. The molecule has 0 unspecified atom stereocenters. The summed E-state index contributed by atoms with van der Waals surface area (Å²) in [6, 6.07) is 9.18. The molecule has 2 N–H and O–H groups in total. The fraction of sp³-hybridized carbons (Fsp3) is 0.417. The molecule has 0 bridgehead atoms. The molecule has 0 spiro atoms. The predicted octanol–water partition coefficient (Wildman–Crippen LogP) is 3.53. The molecule has 3 aromatic rings. The van der Waals surface area contributed by atoms with Crippen molar-refractivity contribution in [1.29, 1.82) is 0 Å². The van der Waals surface area contributed by atoms with E-state index in [1.165, 1.54) is 6.20 Å². The van der Waals surface area contributed by atoms with Gasteiger partial charge in [-0.25, -0.2) is 4.98 Å². The first-order valence-electron chi connectivity index (χ1n) is 11.3. The SMILES string of the molecule is O=C(CN[C@@H]1CC[C@H](NC(=O)[C@@H]2CCCO2)C1)c1ccc(-c2nc3ncc(Cl)cc3o2)cc1. The molecule has 3 heterocycles. The lowest BCUT2D eigenvalue weighted by atomic mass is 10.1. The minimum Gasteiger partial charge on any atom is -0.434 e. The second-order valence-electron chi connectivity index (χ2n) is 8.59. The lowest BCUT2D eigenvalue weighted by molar-refractivity contribution is -0.130. The fourth-order valence-corrected chi connectivity index (χ4v) is 4.58. The highest BCUT2D eigenvalue weighted by atomic mass is 35.5. The van der Waals surface area contributed by atoms with Gasteiger partial charge in [0.25, 0.3) is 0 Å². The number of hydrogen-bond acceptors (Lipinski definition) is 7. The molecule has 2 aliphatic rings. The van der Waals surface area contributed by atoms with Crippen molar-refractivity contribution in [3.05, 3.63) is 47.1 Å². The van der Waals surface area contributed by atoms with Gasteiger partial charge in [0.05, 0.1) is 11.6 Å². The van der Waals surface area contributed by atoms with Crippen LogP contribution in [0.4, 0.5) is 0 Å². The number of carbonyl (C=O) groups is 2. The van der Waals surface area contributed by atoms with Crippen molar-refractivity contribution in [1.82, 2.24) is 20.6 Å². The van der Waals surface area contributed by atoms with Gasteiger partial charge in [-0.05, 0) is 44.2 Å². The Morgan fingerprint density at radius 3 is 2.73 bits per heavy atom. The summed E-state index contributed by atoms with van der Waals surface area (Å²) in [5.41, 5.74) is 2.38. The van der Waals surface area contributed by atoms with Crippen LogP contribution in [0.5, 0.6) is 0 Å². The number of amides is 1. The number of ether oxygens (including phenoxy) is 1. The number of carbonyl (C=O) groups excluding carboxylic acids is 2. The molecule has 1 amide bonds. The van der Waals surface area contributed by atoms with Crippen molar-refractivity contribution in [2.24, 2.45) is 0 Å². The van der Waals surface area contributed by atoms with Crippen LogP contribution in [-0.2, 0) is 9.53 Å². The van der Waals surface area contributed by atoms with Gasteiger partial charge in [0.1, 0.15) is 6.10 Å². The van der Waals surface area contributed by atoms with Crippen LogP contribution in [0, 0.1) is 0 Å². The Hall–Kier alpha value is -2.81. The molecule has 1 aromatic carbocycles. The van der Waals surface area contributed by atoms with Gasteiger partial charge in [-0.15, -0.1) is 0 Å². The molecule has 172 valence electrons. The lowest BCUT2D eigenvalue weighted by Gasteiger charge is -2.16. The summed E-state index contributed by atoms with van der Waals surface area (Å²) < 4.78 is 11.2. The summed E-state index contributed by atoms with van der Waals surface area (Å²) in [5, 5.41) is 6.91. The number of Topliss-reactive ketones (excluding diaryl/α,β-unsaturated/α-hetero) is 1. The van der Waals surface area contributed by atoms with E-state index in [1.54, 1.807) is 18.2 Å². The Morgan fingerprint density at radius 1 is 1.12 bits per heavy atom. The maximum atomic E-state index is 12.6. The van der Waals surface area contributed by atoms with E-state index in [4.69, 9.17) is 20.8 Å². The molecule has 3 atom stereocenters. The number of aromatic nitrogens is 2. The number of rotatable bonds is 7. The third-order valence-electron chi connectivity index (χ3n) is 6.22. The van der Waals surface area contributed by atoms with Crippen LogP contribution in [0.1, 0.15) is 42.5 Å². The van der Waals surface area contributed by atoms with Crippen LogP contribution in [0.15, 0.2) is 40.9 Å². The van der Waals surface area contributed by atoms with Crippen LogP contribution in [0.3, 0.4) is 0 Å². The van der Waals surface area contributed by atoms with Gasteiger partial charge in [0.15, 0.2) is 17.0 Å². The summed E-state index contributed by atoms with van der Waals surface area (Å²) in [4.78, 5) is 33.4. The fourth-order valence-electron chi connectivity index (χ4n) is 4.43. The van der Waals surface area contributed by atoms with Gasteiger partial charge < -0.3 is 19.8 Å². The largest absolute Gasteiger partial charge is 0.434 e. The number of nitrogens with one attached hydrogen (secondary N) is 2. The number of benzene rings is 1. The maximum absolute atomic E-state index is 12.6. The zero-order valence-corrected chi connectivity index (χ0v) is 18.8. The van der Waals surface area contributed by atoms with E-state index < -0.39 is 0 Å². The Bertz CT molecular complexity index is 1160. The number of ketones is 1. The van der Waals surface area contributed by atoms with Gasteiger partial charge in [-0.2, -0.15) is 4.98 Å². The third-order valence-corrected chi connectivity index (χ3v) is 6.43. The van der Waals surface area contributed by atoms with Gasteiger partial charge in [0, 0.05) is 42.1 Å². The zero-order valence-electron chi connectivity index (χ0n) is 18.1. The second kappa shape index (κ2) is 9.59. The van der Waals surface area contributed by atoms with Crippen LogP contribution in [-0.4, -0.2) is 53.0 Å². The normalized spacial score (nSPS) is 22.6. The minimum absolute atomic E-state index is 0.00728. The van der Waals surface area contributed by atoms with Crippen molar-refractivity contribution in [3.8, 4) is 11.5 Å². The van der Waals surface area contributed by atoms with Crippen molar-refractivity contribution in [2.75, 3.05) is 13.2 Å². The molecule has 33 heavy (non-hydrogen) atoms. The number of hydrogen-bond donors (Lipinski definition) is 2. The van der Waals surface area contributed by atoms with Gasteiger partial charge in [0.2, 0.25) is 11.8 Å². The van der Waals surface area contributed by atoms with Gasteiger partial charge in [-0.3, -0.25) is 9.59 Å². The molecular formula is C24H25ClN4O4. The third kappa shape index (κ3) is 5.08. The second-order valence-corrected chi connectivity index (χ2v) is 9.03. The summed E-state index contributed by atoms with van der Waals surface area (Å²) in [7, 11) is 0. The molecule has 1 aliphatic carbocycles. The van der Waals surface area contributed by atoms with E-state index in [0.29, 0.717) is 34.3 Å². The highest BCUT2D eigenvalue weighted by Crippen LogP contribution is 2.25. The monoisotopic (exact) mass is 468 g/mol. The average Bonchev–Trinajstić information content (AvgIpc) is 3.58. The molecule has 0 radical (unpaired) electrons. The van der Waals surface area contributed by atoms with Gasteiger partial charge >= 0.3 is 0 Å². The predicted molar refractivity (Wildman–Crippen MR) is 123 cm³/mol. The van der Waals surface area contributed by atoms with Crippen molar-refractivity contribution in [2.45, 2.75) is 50.3 Å². The molecule has 2 aromatic heterocycles. The van der Waals surface area contributed by atoms with Crippen LogP contribution in [0.2, 0.25) is 5.02 Å². The number of pyridine rings is 1. The summed E-state index contributed by atoms with van der Waals surface area (Å²) in [5.74, 6) is 0.436.